The molecule has 1 aromatic heterocycles. The summed E-state index contributed by atoms with van der Waals surface area (Å²) in [5.74, 6) is 2.13. The standard InChI is InChI=1S/C12H14N4O2/c1-3-6-14-12(18)9-4-5-11(15-7-9)16(2)8-10(13)17/h1,4-5,7H,6,8H2,2H3,(H2,13,17)(H,14,18). The molecule has 0 aromatic carbocycles. The van der Waals surface area contributed by atoms with E-state index >= 15 is 0 Å². The van der Waals surface area contributed by atoms with E-state index in [9.17, 15) is 9.59 Å². The van der Waals surface area contributed by atoms with Crippen molar-refractivity contribution in [3.05, 3.63) is 23.9 Å². The Morgan fingerprint density at radius 3 is 2.78 bits per heavy atom. The molecule has 0 atom stereocenters. The van der Waals surface area contributed by atoms with Crippen LogP contribution in [0.3, 0.4) is 0 Å². The van der Waals surface area contributed by atoms with Gasteiger partial charge in [-0.2, -0.15) is 0 Å². The van der Waals surface area contributed by atoms with Crippen molar-refractivity contribution in [3.8, 4) is 12.3 Å². The highest BCUT2D eigenvalue weighted by Gasteiger charge is 2.08. The minimum Gasteiger partial charge on any atom is -0.368 e. The van der Waals surface area contributed by atoms with Crippen LogP contribution in [0.2, 0.25) is 0 Å². The monoisotopic (exact) mass is 246 g/mol. The molecular formula is C12H14N4O2. The Hall–Kier alpha value is -2.55. The van der Waals surface area contributed by atoms with Crippen LogP contribution < -0.4 is 16.0 Å². The SMILES string of the molecule is C#CCNC(=O)c1ccc(N(C)CC(N)=O)nc1. The summed E-state index contributed by atoms with van der Waals surface area (Å²) in [4.78, 5) is 27.9. The molecule has 2 amide bonds. The van der Waals surface area contributed by atoms with Crippen LogP contribution in [0.4, 0.5) is 5.82 Å². The van der Waals surface area contributed by atoms with E-state index in [1.165, 1.54) is 6.20 Å². The molecule has 0 spiro atoms. The van der Waals surface area contributed by atoms with E-state index in [1.54, 1.807) is 24.1 Å². The number of amides is 2. The first-order valence-corrected chi connectivity index (χ1v) is 5.21. The van der Waals surface area contributed by atoms with E-state index < -0.39 is 5.91 Å². The van der Waals surface area contributed by atoms with E-state index in [4.69, 9.17) is 12.2 Å². The summed E-state index contributed by atoms with van der Waals surface area (Å²) in [5, 5.41) is 2.53. The molecule has 0 fully saturated rings. The van der Waals surface area contributed by atoms with E-state index in [-0.39, 0.29) is 19.0 Å². The van der Waals surface area contributed by atoms with Crippen molar-refractivity contribution in [1.29, 1.82) is 0 Å². The Morgan fingerprint density at radius 2 is 2.28 bits per heavy atom. The molecule has 3 N–H and O–H groups in total. The fraction of sp³-hybridized carbons (Fsp3) is 0.250. The zero-order chi connectivity index (χ0) is 13.5. The van der Waals surface area contributed by atoms with Crippen molar-refractivity contribution in [2.75, 3.05) is 25.0 Å². The lowest BCUT2D eigenvalue weighted by Gasteiger charge is -2.15. The fourth-order valence-corrected chi connectivity index (χ4v) is 1.29. The van der Waals surface area contributed by atoms with Crippen molar-refractivity contribution < 1.29 is 9.59 Å². The number of nitrogens with zero attached hydrogens (tertiary/aromatic N) is 2. The molecule has 0 saturated carbocycles. The van der Waals surface area contributed by atoms with Gasteiger partial charge in [0.1, 0.15) is 5.82 Å². The third kappa shape index (κ3) is 3.79. The average Bonchev–Trinajstić information content (AvgIpc) is 2.35. The molecule has 0 bridgehead atoms. The number of terminal acetylenes is 1. The van der Waals surface area contributed by atoms with Gasteiger partial charge < -0.3 is 16.0 Å². The maximum atomic E-state index is 11.5. The summed E-state index contributed by atoms with van der Waals surface area (Å²) in [6, 6.07) is 3.24. The Bertz CT molecular complexity index is 476. The van der Waals surface area contributed by atoms with Crippen molar-refractivity contribution in [3.63, 3.8) is 0 Å². The average molecular weight is 246 g/mol. The lowest BCUT2D eigenvalue weighted by Crippen LogP contribution is -2.31. The molecule has 6 heteroatoms. The Morgan fingerprint density at radius 1 is 1.56 bits per heavy atom. The second-order valence-corrected chi connectivity index (χ2v) is 3.61. The summed E-state index contributed by atoms with van der Waals surface area (Å²) < 4.78 is 0. The van der Waals surface area contributed by atoms with Crippen LogP contribution in [0.15, 0.2) is 18.3 Å². The number of primary amides is 1. The van der Waals surface area contributed by atoms with Gasteiger partial charge in [0.25, 0.3) is 5.91 Å². The van der Waals surface area contributed by atoms with E-state index in [0.29, 0.717) is 11.4 Å². The number of pyridine rings is 1. The first-order chi connectivity index (χ1) is 8.54. The number of aromatic nitrogens is 1. The van der Waals surface area contributed by atoms with E-state index in [2.05, 4.69) is 16.2 Å². The van der Waals surface area contributed by atoms with Crippen LogP contribution in [-0.2, 0) is 4.79 Å². The van der Waals surface area contributed by atoms with Gasteiger partial charge in [-0.25, -0.2) is 4.98 Å². The molecule has 0 radical (unpaired) electrons. The van der Waals surface area contributed by atoms with Gasteiger partial charge in [0.15, 0.2) is 0 Å². The summed E-state index contributed by atoms with van der Waals surface area (Å²) >= 11 is 0. The number of hydrogen-bond acceptors (Lipinski definition) is 4. The molecule has 0 aliphatic carbocycles. The fourth-order valence-electron chi connectivity index (χ4n) is 1.29. The molecular weight excluding hydrogens is 232 g/mol. The number of anilines is 1. The molecule has 0 aliphatic heterocycles. The second-order valence-electron chi connectivity index (χ2n) is 3.61. The summed E-state index contributed by atoms with van der Waals surface area (Å²) in [6.07, 6.45) is 6.45. The van der Waals surface area contributed by atoms with Crippen LogP contribution in [0.25, 0.3) is 0 Å². The van der Waals surface area contributed by atoms with Crippen LogP contribution >= 0.6 is 0 Å². The molecule has 0 unspecified atom stereocenters. The largest absolute Gasteiger partial charge is 0.368 e. The molecule has 94 valence electrons. The van der Waals surface area contributed by atoms with Crippen LogP contribution in [0, 0.1) is 12.3 Å². The third-order valence-electron chi connectivity index (χ3n) is 2.15. The Kier molecular flexibility index (Phi) is 4.69. The topological polar surface area (TPSA) is 88.3 Å². The van der Waals surface area contributed by atoms with E-state index in [1.807, 2.05) is 0 Å². The zero-order valence-electron chi connectivity index (χ0n) is 10.0. The molecule has 6 nitrogen and oxygen atoms in total. The molecule has 1 rings (SSSR count). The number of nitrogens with one attached hydrogen (secondary N) is 1. The van der Waals surface area contributed by atoms with Gasteiger partial charge in [0.05, 0.1) is 18.7 Å². The van der Waals surface area contributed by atoms with Crippen molar-refractivity contribution in [1.82, 2.24) is 10.3 Å². The van der Waals surface area contributed by atoms with Crippen LogP contribution in [-0.4, -0.2) is 36.9 Å². The summed E-state index contributed by atoms with van der Waals surface area (Å²) in [5.41, 5.74) is 5.48. The number of nitrogens with two attached hydrogens (primary N) is 1. The highest BCUT2D eigenvalue weighted by molar-refractivity contribution is 5.94. The predicted octanol–water partition coefficient (Wildman–Crippen LogP) is -0.634. The minimum atomic E-state index is -0.449. The highest BCUT2D eigenvalue weighted by atomic mass is 16.2. The highest BCUT2D eigenvalue weighted by Crippen LogP contribution is 2.09. The number of hydrogen-bond donors (Lipinski definition) is 2. The minimum absolute atomic E-state index is 0.0651. The summed E-state index contributed by atoms with van der Waals surface area (Å²) in [6.45, 7) is 0.234. The van der Waals surface area contributed by atoms with Crippen molar-refractivity contribution in [2.45, 2.75) is 0 Å². The number of rotatable bonds is 5. The molecule has 0 saturated heterocycles. The maximum Gasteiger partial charge on any atom is 0.253 e. The van der Waals surface area contributed by atoms with Gasteiger partial charge in [-0.15, -0.1) is 6.42 Å². The van der Waals surface area contributed by atoms with Gasteiger partial charge >= 0.3 is 0 Å². The van der Waals surface area contributed by atoms with Gasteiger partial charge in [-0.3, -0.25) is 9.59 Å². The summed E-state index contributed by atoms with van der Waals surface area (Å²) in [7, 11) is 1.69. The smallest absolute Gasteiger partial charge is 0.253 e. The molecule has 1 aromatic rings. The first-order valence-electron chi connectivity index (χ1n) is 5.21. The number of carbonyl (C=O) groups excluding carboxylic acids is 2. The molecule has 18 heavy (non-hydrogen) atoms. The maximum absolute atomic E-state index is 11.5. The van der Waals surface area contributed by atoms with Gasteiger partial charge in [0.2, 0.25) is 5.91 Å². The number of carbonyl (C=O) groups is 2. The lowest BCUT2D eigenvalue weighted by molar-refractivity contribution is -0.116. The number of likely N-dealkylation sites (N-methyl/N-ethyl adjacent to an activating group) is 1. The lowest BCUT2D eigenvalue weighted by atomic mass is 10.2. The third-order valence-corrected chi connectivity index (χ3v) is 2.15. The normalized spacial score (nSPS) is 9.33. The quantitative estimate of drug-likeness (QED) is 0.677. The zero-order valence-corrected chi connectivity index (χ0v) is 10.0. The molecule has 1 heterocycles. The van der Waals surface area contributed by atoms with Gasteiger partial charge in [0, 0.05) is 13.2 Å². The van der Waals surface area contributed by atoms with Gasteiger partial charge in [-0.1, -0.05) is 5.92 Å². The molecule has 0 aliphatic rings. The van der Waals surface area contributed by atoms with Crippen LogP contribution in [0.5, 0.6) is 0 Å². The van der Waals surface area contributed by atoms with E-state index in [0.717, 1.165) is 0 Å². The Balaban J connectivity index is 2.71. The Labute approximate surface area is 105 Å². The van der Waals surface area contributed by atoms with Crippen LogP contribution in [0.1, 0.15) is 10.4 Å². The second kappa shape index (κ2) is 6.25. The predicted molar refractivity (Wildman–Crippen MR) is 67.9 cm³/mol. The van der Waals surface area contributed by atoms with Gasteiger partial charge in [-0.05, 0) is 12.1 Å². The first kappa shape index (κ1) is 13.5. The van der Waals surface area contributed by atoms with Crippen molar-refractivity contribution >= 4 is 17.6 Å². The van der Waals surface area contributed by atoms with Crippen molar-refractivity contribution in [2.24, 2.45) is 5.73 Å².